The van der Waals surface area contributed by atoms with Gasteiger partial charge in [0, 0.05) is 13.1 Å². The molecule has 0 N–H and O–H groups in total. The number of para-hydroxylation sites is 2. The lowest BCUT2D eigenvalue weighted by Crippen LogP contribution is -2.49. The van der Waals surface area contributed by atoms with E-state index in [-0.39, 0.29) is 36.0 Å². The smallest absolute Gasteiger partial charge is 0.310 e. The molecule has 2 aromatic rings. The number of fused-ring (bicyclic) bond motifs is 1. The molecule has 2 heterocycles. The number of carbonyl (C=O) groups is 3. The highest BCUT2D eigenvalue weighted by Crippen LogP contribution is 2.35. The van der Waals surface area contributed by atoms with Gasteiger partial charge in [0.2, 0.25) is 5.91 Å². The van der Waals surface area contributed by atoms with Crippen molar-refractivity contribution in [2.75, 3.05) is 31.1 Å². The number of esters is 1. The highest BCUT2D eigenvalue weighted by molar-refractivity contribution is 6.12. The van der Waals surface area contributed by atoms with Crippen LogP contribution in [0.4, 0.5) is 5.69 Å². The van der Waals surface area contributed by atoms with E-state index in [1.165, 1.54) is 4.90 Å². The molecule has 172 valence electrons. The molecule has 0 unspecified atom stereocenters. The number of likely N-dealkylation sites (tertiary alicyclic amines) is 1. The maximum absolute atomic E-state index is 13.3. The van der Waals surface area contributed by atoms with Crippen molar-refractivity contribution < 1.29 is 23.9 Å². The summed E-state index contributed by atoms with van der Waals surface area (Å²) in [6, 6.07) is 14.9. The predicted molar refractivity (Wildman–Crippen MR) is 125 cm³/mol. The average Bonchev–Trinajstić information content (AvgIpc) is 2.82. The maximum atomic E-state index is 13.3. The number of anilines is 1. The Hall–Kier alpha value is -3.61. The number of piperidine rings is 1. The first-order valence-electron chi connectivity index (χ1n) is 11.3. The van der Waals surface area contributed by atoms with E-state index in [0.29, 0.717) is 37.6 Å². The quantitative estimate of drug-likeness (QED) is 0.516. The third-order valence-electron chi connectivity index (χ3n) is 5.86. The van der Waals surface area contributed by atoms with Crippen LogP contribution in [-0.4, -0.2) is 48.9 Å². The number of hydrogen-bond acceptors (Lipinski definition) is 5. The van der Waals surface area contributed by atoms with Crippen molar-refractivity contribution in [2.45, 2.75) is 26.7 Å². The molecule has 1 atom stereocenters. The van der Waals surface area contributed by atoms with E-state index in [1.807, 2.05) is 37.3 Å². The van der Waals surface area contributed by atoms with Gasteiger partial charge in [0.15, 0.2) is 11.5 Å². The average molecular weight is 449 g/mol. The molecule has 7 nitrogen and oxygen atoms in total. The first-order valence-corrected chi connectivity index (χ1v) is 11.3. The largest absolute Gasteiger partial charge is 0.466 e. The van der Waals surface area contributed by atoms with Crippen molar-refractivity contribution in [3.63, 3.8) is 0 Å². The van der Waals surface area contributed by atoms with Gasteiger partial charge in [0.25, 0.3) is 5.91 Å². The van der Waals surface area contributed by atoms with E-state index < -0.39 is 0 Å². The van der Waals surface area contributed by atoms with Gasteiger partial charge in [-0.2, -0.15) is 0 Å². The molecule has 0 aliphatic carbocycles. The zero-order valence-electron chi connectivity index (χ0n) is 19.0. The Kier molecular flexibility index (Phi) is 6.77. The van der Waals surface area contributed by atoms with Gasteiger partial charge in [0.1, 0.15) is 6.54 Å². The number of hydrogen-bond donors (Lipinski definition) is 0. The monoisotopic (exact) mass is 448 g/mol. The number of carbonyl (C=O) groups excluding carboxylic acids is 3. The summed E-state index contributed by atoms with van der Waals surface area (Å²) in [6.07, 6.45) is 3.12. The second-order valence-corrected chi connectivity index (χ2v) is 8.31. The maximum Gasteiger partial charge on any atom is 0.310 e. The molecule has 33 heavy (non-hydrogen) atoms. The third kappa shape index (κ3) is 5.08. The van der Waals surface area contributed by atoms with Gasteiger partial charge < -0.3 is 14.4 Å². The van der Waals surface area contributed by atoms with Gasteiger partial charge in [-0.05, 0) is 50.5 Å². The molecule has 2 aromatic carbocycles. The Morgan fingerprint density at radius 2 is 2.00 bits per heavy atom. The highest BCUT2D eigenvalue weighted by Gasteiger charge is 2.35. The van der Waals surface area contributed by atoms with Crippen molar-refractivity contribution in [1.82, 2.24) is 4.90 Å². The van der Waals surface area contributed by atoms with Crippen molar-refractivity contribution in [3.8, 4) is 5.75 Å². The minimum atomic E-state index is -0.373. The number of aryl methyl sites for hydroxylation is 1. The van der Waals surface area contributed by atoms with Crippen molar-refractivity contribution >= 4 is 29.5 Å². The van der Waals surface area contributed by atoms with Gasteiger partial charge in [-0.25, -0.2) is 0 Å². The van der Waals surface area contributed by atoms with Gasteiger partial charge in [0.05, 0.1) is 18.2 Å². The lowest BCUT2D eigenvalue weighted by molar-refractivity contribution is -0.151. The van der Waals surface area contributed by atoms with Crippen LogP contribution in [-0.2, 0) is 19.1 Å². The fourth-order valence-electron chi connectivity index (χ4n) is 4.22. The molecule has 0 aromatic heterocycles. The summed E-state index contributed by atoms with van der Waals surface area (Å²) in [5.74, 6) is -0.494. The van der Waals surface area contributed by atoms with Crippen molar-refractivity contribution in [1.29, 1.82) is 0 Å². The van der Waals surface area contributed by atoms with E-state index in [9.17, 15) is 14.4 Å². The fraction of sp³-hybridized carbons (Fsp3) is 0.346. The normalized spacial score (nSPS) is 19.2. The zero-order chi connectivity index (χ0) is 23.4. The molecule has 0 bridgehead atoms. The number of nitrogens with zero attached hydrogens (tertiary/aromatic N) is 2. The Bertz CT molecular complexity index is 1090. The van der Waals surface area contributed by atoms with Crippen LogP contribution < -0.4 is 9.64 Å². The van der Waals surface area contributed by atoms with E-state index in [0.717, 1.165) is 17.5 Å². The Morgan fingerprint density at radius 1 is 1.18 bits per heavy atom. The molecular weight excluding hydrogens is 420 g/mol. The summed E-state index contributed by atoms with van der Waals surface area (Å²) in [5, 5.41) is 0. The molecule has 0 spiro atoms. The number of benzene rings is 2. The summed E-state index contributed by atoms with van der Waals surface area (Å²) in [7, 11) is 0. The standard InChI is InChI=1S/C26H28N2O5/c1-3-32-26(31)20-10-7-13-27(16-20)24(29)17-28-21-11-4-5-12-22(21)33-23(25(28)30)15-19-9-6-8-18(2)14-19/h4-6,8-9,11-12,14-15,20H,3,7,10,13,16-17H2,1-2H3/b23-15+/t20-/m1/s1. The predicted octanol–water partition coefficient (Wildman–Crippen LogP) is 3.56. The second kappa shape index (κ2) is 9.90. The lowest BCUT2D eigenvalue weighted by atomic mass is 9.98. The zero-order valence-corrected chi connectivity index (χ0v) is 19.0. The van der Waals surface area contributed by atoms with Crippen LogP contribution in [0.15, 0.2) is 54.3 Å². The lowest BCUT2D eigenvalue weighted by Gasteiger charge is -2.35. The molecule has 2 aliphatic heterocycles. The Labute approximate surface area is 193 Å². The highest BCUT2D eigenvalue weighted by atomic mass is 16.5. The van der Waals surface area contributed by atoms with Crippen LogP contribution in [0.5, 0.6) is 5.75 Å². The molecular formula is C26H28N2O5. The first kappa shape index (κ1) is 22.6. The minimum absolute atomic E-state index is 0.125. The fourth-order valence-corrected chi connectivity index (χ4v) is 4.22. The van der Waals surface area contributed by atoms with Gasteiger partial charge in [-0.15, -0.1) is 0 Å². The third-order valence-corrected chi connectivity index (χ3v) is 5.86. The van der Waals surface area contributed by atoms with Crippen LogP contribution in [0.1, 0.15) is 30.9 Å². The van der Waals surface area contributed by atoms with Crippen molar-refractivity contribution in [2.24, 2.45) is 5.92 Å². The summed E-state index contributed by atoms with van der Waals surface area (Å²) in [6.45, 7) is 4.81. The SMILES string of the molecule is CCOC(=O)[C@@H]1CCCN(C(=O)CN2C(=O)/C(=C\c3cccc(C)c3)Oc3ccccc32)C1. The van der Waals surface area contributed by atoms with Gasteiger partial charge in [-0.3, -0.25) is 19.3 Å². The van der Waals surface area contributed by atoms with Gasteiger partial charge >= 0.3 is 5.97 Å². The van der Waals surface area contributed by atoms with Crippen LogP contribution in [0, 0.1) is 12.8 Å². The summed E-state index contributed by atoms with van der Waals surface area (Å²) >= 11 is 0. The molecule has 0 radical (unpaired) electrons. The Morgan fingerprint density at radius 3 is 2.79 bits per heavy atom. The summed E-state index contributed by atoms with van der Waals surface area (Å²) in [4.78, 5) is 41.8. The van der Waals surface area contributed by atoms with Crippen LogP contribution in [0.2, 0.25) is 0 Å². The van der Waals surface area contributed by atoms with Gasteiger partial charge in [-0.1, -0.05) is 42.0 Å². The second-order valence-electron chi connectivity index (χ2n) is 8.31. The molecule has 2 amide bonds. The van der Waals surface area contributed by atoms with Crippen LogP contribution in [0.3, 0.4) is 0 Å². The molecule has 4 rings (SSSR count). The van der Waals surface area contributed by atoms with E-state index >= 15 is 0 Å². The van der Waals surface area contributed by atoms with Crippen LogP contribution >= 0.6 is 0 Å². The minimum Gasteiger partial charge on any atom is -0.466 e. The van der Waals surface area contributed by atoms with Crippen LogP contribution in [0.25, 0.3) is 6.08 Å². The summed E-state index contributed by atoms with van der Waals surface area (Å²) < 4.78 is 11.0. The van der Waals surface area contributed by atoms with E-state index in [2.05, 4.69) is 0 Å². The van der Waals surface area contributed by atoms with E-state index in [4.69, 9.17) is 9.47 Å². The summed E-state index contributed by atoms with van der Waals surface area (Å²) in [5.41, 5.74) is 2.47. The van der Waals surface area contributed by atoms with Crippen molar-refractivity contribution in [3.05, 3.63) is 65.4 Å². The molecule has 1 fully saturated rings. The topological polar surface area (TPSA) is 76.2 Å². The number of rotatable bonds is 5. The molecule has 7 heteroatoms. The molecule has 2 aliphatic rings. The molecule has 1 saturated heterocycles. The number of amides is 2. The van der Waals surface area contributed by atoms with E-state index in [1.54, 1.807) is 36.1 Å². The first-order chi connectivity index (χ1) is 16.0. The number of ether oxygens (including phenoxy) is 2. The Balaban J connectivity index is 1.56. The molecule has 0 saturated carbocycles.